The molecule has 0 spiro atoms. The van der Waals surface area contributed by atoms with Crippen molar-refractivity contribution in [2.24, 2.45) is 0 Å². The van der Waals surface area contributed by atoms with Gasteiger partial charge in [0, 0.05) is 11.4 Å². The van der Waals surface area contributed by atoms with E-state index in [1.807, 2.05) is 11.0 Å². The lowest BCUT2D eigenvalue weighted by Crippen LogP contribution is -2.22. The van der Waals surface area contributed by atoms with Gasteiger partial charge in [0.1, 0.15) is 0 Å². The van der Waals surface area contributed by atoms with Gasteiger partial charge in [-0.05, 0) is 32.9 Å². The molecular weight excluding hydrogens is 174 g/mol. The highest BCUT2D eigenvalue weighted by atomic mass is 15.6. The summed E-state index contributed by atoms with van der Waals surface area (Å²) in [7, 11) is 0. The molecule has 0 saturated heterocycles. The van der Waals surface area contributed by atoms with Crippen LogP contribution in [0.4, 0.5) is 0 Å². The fraction of sp³-hybridized carbons (Fsp3) is 0.364. The largest absolute Gasteiger partial charge is 0.307 e. The van der Waals surface area contributed by atoms with Gasteiger partial charge in [0.2, 0.25) is 0 Å². The van der Waals surface area contributed by atoms with E-state index in [0.717, 1.165) is 5.52 Å². The van der Waals surface area contributed by atoms with E-state index in [4.69, 9.17) is 0 Å². The predicted octanol–water partition coefficient (Wildman–Crippen LogP) is 2.30. The number of aromatic nitrogens is 2. The van der Waals surface area contributed by atoms with Crippen LogP contribution in [0.25, 0.3) is 10.9 Å². The SMILES string of the molecule is Cc1ccc2c(cnn2NC(C)C)c1. The summed E-state index contributed by atoms with van der Waals surface area (Å²) in [4.78, 5) is 1.83. The molecule has 2 rings (SSSR count). The van der Waals surface area contributed by atoms with E-state index in [0.29, 0.717) is 6.04 Å². The Labute approximate surface area is 83.7 Å². The zero-order chi connectivity index (χ0) is 10.1. The molecule has 2 aromatic rings. The summed E-state index contributed by atoms with van der Waals surface area (Å²) in [5, 5.41) is 5.46. The zero-order valence-corrected chi connectivity index (χ0v) is 8.78. The van der Waals surface area contributed by atoms with E-state index >= 15 is 0 Å². The van der Waals surface area contributed by atoms with E-state index in [-0.39, 0.29) is 0 Å². The molecule has 0 atom stereocenters. The molecule has 0 aliphatic heterocycles. The zero-order valence-electron chi connectivity index (χ0n) is 8.78. The minimum absolute atomic E-state index is 0.388. The number of nitrogens with zero attached hydrogens (tertiary/aromatic N) is 2. The molecule has 1 aromatic carbocycles. The van der Waals surface area contributed by atoms with Crippen molar-refractivity contribution in [1.29, 1.82) is 0 Å². The quantitative estimate of drug-likeness (QED) is 0.785. The summed E-state index contributed by atoms with van der Waals surface area (Å²) in [6, 6.07) is 6.72. The molecule has 0 saturated carbocycles. The number of hydrogen-bond acceptors (Lipinski definition) is 2. The van der Waals surface area contributed by atoms with Crippen molar-refractivity contribution in [3.63, 3.8) is 0 Å². The Kier molecular flexibility index (Phi) is 2.15. The first-order valence-corrected chi connectivity index (χ1v) is 4.88. The monoisotopic (exact) mass is 189 g/mol. The molecule has 0 aliphatic rings. The van der Waals surface area contributed by atoms with Crippen LogP contribution in [-0.2, 0) is 0 Å². The van der Waals surface area contributed by atoms with E-state index in [1.165, 1.54) is 10.9 Å². The topological polar surface area (TPSA) is 29.9 Å². The van der Waals surface area contributed by atoms with Crippen LogP contribution in [0.5, 0.6) is 0 Å². The smallest absolute Gasteiger partial charge is 0.0918 e. The highest BCUT2D eigenvalue weighted by Crippen LogP contribution is 2.14. The van der Waals surface area contributed by atoms with E-state index in [9.17, 15) is 0 Å². The van der Waals surface area contributed by atoms with Crippen molar-refractivity contribution in [1.82, 2.24) is 9.89 Å². The molecular formula is C11H15N3. The molecule has 1 aromatic heterocycles. The van der Waals surface area contributed by atoms with Crippen LogP contribution < -0.4 is 5.43 Å². The van der Waals surface area contributed by atoms with Gasteiger partial charge in [0.15, 0.2) is 0 Å². The average molecular weight is 189 g/mol. The van der Waals surface area contributed by atoms with Crippen molar-refractivity contribution in [3.05, 3.63) is 30.0 Å². The van der Waals surface area contributed by atoms with Gasteiger partial charge in [-0.25, -0.2) is 0 Å². The summed E-state index contributed by atoms with van der Waals surface area (Å²) in [5.74, 6) is 0. The van der Waals surface area contributed by atoms with Crippen LogP contribution in [0.1, 0.15) is 19.4 Å². The molecule has 1 heterocycles. The fourth-order valence-corrected chi connectivity index (χ4v) is 1.50. The summed E-state index contributed by atoms with van der Waals surface area (Å²) in [5.41, 5.74) is 5.65. The normalized spacial score (nSPS) is 11.1. The molecule has 0 radical (unpaired) electrons. The summed E-state index contributed by atoms with van der Waals surface area (Å²) in [6.45, 7) is 6.29. The Morgan fingerprint density at radius 3 is 2.86 bits per heavy atom. The van der Waals surface area contributed by atoms with Crippen molar-refractivity contribution in [2.45, 2.75) is 26.8 Å². The van der Waals surface area contributed by atoms with Crippen LogP contribution in [0.2, 0.25) is 0 Å². The minimum atomic E-state index is 0.388. The number of hydrogen-bond donors (Lipinski definition) is 1. The summed E-state index contributed by atoms with van der Waals surface area (Å²) >= 11 is 0. The first-order valence-electron chi connectivity index (χ1n) is 4.88. The van der Waals surface area contributed by atoms with Gasteiger partial charge in [-0.3, -0.25) is 0 Å². The van der Waals surface area contributed by atoms with Gasteiger partial charge >= 0.3 is 0 Å². The average Bonchev–Trinajstić information content (AvgIpc) is 2.47. The van der Waals surface area contributed by atoms with Gasteiger partial charge < -0.3 is 5.43 Å². The second-order valence-corrected chi connectivity index (χ2v) is 3.90. The number of nitrogens with one attached hydrogen (secondary N) is 1. The van der Waals surface area contributed by atoms with Crippen LogP contribution in [-0.4, -0.2) is 15.9 Å². The molecule has 0 amide bonds. The lowest BCUT2D eigenvalue weighted by atomic mass is 10.2. The van der Waals surface area contributed by atoms with E-state index in [2.05, 4.69) is 49.5 Å². The van der Waals surface area contributed by atoms with Crippen LogP contribution in [0.15, 0.2) is 24.4 Å². The summed E-state index contributed by atoms with van der Waals surface area (Å²) < 4.78 is 0. The molecule has 0 bridgehead atoms. The third kappa shape index (κ3) is 1.58. The Morgan fingerprint density at radius 1 is 1.36 bits per heavy atom. The number of rotatable bonds is 2. The standard InChI is InChI=1S/C11H15N3/c1-8(2)13-14-11-5-4-9(3)6-10(11)7-12-14/h4-8,13H,1-3H3. The molecule has 0 unspecified atom stereocenters. The molecule has 3 nitrogen and oxygen atoms in total. The Balaban J connectivity index is 2.47. The number of fused-ring (bicyclic) bond motifs is 1. The maximum absolute atomic E-state index is 4.28. The van der Waals surface area contributed by atoms with Gasteiger partial charge in [-0.2, -0.15) is 9.89 Å². The third-order valence-electron chi connectivity index (χ3n) is 2.10. The lowest BCUT2D eigenvalue weighted by molar-refractivity contribution is 0.685. The van der Waals surface area contributed by atoms with Crippen molar-refractivity contribution < 1.29 is 0 Å². The van der Waals surface area contributed by atoms with Crippen molar-refractivity contribution in [3.8, 4) is 0 Å². The highest BCUT2D eigenvalue weighted by Gasteiger charge is 2.02. The van der Waals surface area contributed by atoms with Crippen molar-refractivity contribution >= 4 is 10.9 Å². The second-order valence-electron chi connectivity index (χ2n) is 3.90. The fourth-order valence-electron chi connectivity index (χ4n) is 1.50. The van der Waals surface area contributed by atoms with Gasteiger partial charge in [-0.1, -0.05) is 11.6 Å². The van der Waals surface area contributed by atoms with Gasteiger partial charge in [0.25, 0.3) is 0 Å². The Hall–Kier alpha value is -1.51. The molecule has 0 fully saturated rings. The molecule has 1 N–H and O–H groups in total. The minimum Gasteiger partial charge on any atom is -0.307 e. The number of benzene rings is 1. The predicted molar refractivity (Wildman–Crippen MR) is 59.0 cm³/mol. The maximum Gasteiger partial charge on any atom is 0.0918 e. The van der Waals surface area contributed by atoms with Crippen LogP contribution in [0.3, 0.4) is 0 Å². The first-order chi connectivity index (χ1) is 6.66. The van der Waals surface area contributed by atoms with E-state index < -0.39 is 0 Å². The second kappa shape index (κ2) is 3.33. The third-order valence-corrected chi connectivity index (χ3v) is 2.10. The molecule has 14 heavy (non-hydrogen) atoms. The Morgan fingerprint density at radius 2 is 2.14 bits per heavy atom. The van der Waals surface area contributed by atoms with Gasteiger partial charge in [-0.15, -0.1) is 0 Å². The van der Waals surface area contributed by atoms with Crippen LogP contribution in [0, 0.1) is 6.92 Å². The van der Waals surface area contributed by atoms with Crippen LogP contribution >= 0.6 is 0 Å². The summed E-state index contributed by atoms with van der Waals surface area (Å²) in [6.07, 6.45) is 1.89. The highest BCUT2D eigenvalue weighted by molar-refractivity contribution is 5.79. The first kappa shape index (κ1) is 9.06. The molecule has 74 valence electrons. The maximum atomic E-state index is 4.28. The molecule has 3 heteroatoms. The molecule has 0 aliphatic carbocycles. The Bertz CT molecular complexity index is 443. The lowest BCUT2D eigenvalue weighted by Gasteiger charge is -2.10. The van der Waals surface area contributed by atoms with Crippen molar-refractivity contribution in [2.75, 3.05) is 5.43 Å². The van der Waals surface area contributed by atoms with E-state index in [1.54, 1.807) is 0 Å². The van der Waals surface area contributed by atoms with Gasteiger partial charge in [0.05, 0.1) is 11.7 Å². The number of aryl methyl sites for hydroxylation is 1.